The van der Waals surface area contributed by atoms with Gasteiger partial charge in [-0.05, 0) is 37.1 Å². The number of aliphatic hydroxyl groups excluding tert-OH is 1. The van der Waals surface area contributed by atoms with Crippen LogP contribution in [0.5, 0.6) is 0 Å². The smallest absolute Gasteiger partial charge is 0.294 e. The van der Waals surface area contributed by atoms with E-state index in [4.69, 9.17) is 17.3 Å². The standard InChI is InChI=1S/C18H18ClFN4O6S/c19-13-9-11(1-2-14(13)20)22-18(26)10-7-15(24(27)28)17(21)16(8-10)31(29,30)23-5-3-12(25)4-6-23/h1-2,7-9,12,25H,3-6,21H2,(H,22,26). The Morgan fingerprint density at radius 3 is 2.52 bits per heavy atom. The maximum absolute atomic E-state index is 13.3. The highest BCUT2D eigenvalue weighted by atomic mass is 35.5. The van der Waals surface area contributed by atoms with Crippen molar-refractivity contribution in [1.29, 1.82) is 0 Å². The van der Waals surface area contributed by atoms with Gasteiger partial charge in [-0.25, -0.2) is 12.8 Å². The minimum Gasteiger partial charge on any atom is -0.393 e. The van der Waals surface area contributed by atoms with Crippen LogP contribution in [0, 0.1) is 15.9 Å². The lowest BCUT2D eigenvalue weighted by atomic mass is 10.1. The zero-order valence-corrected chi connectivity index (χ0v) is 17.5. The van der Waals surface area contributed by atoms with Gasteiger partial charge in [-0.1, -0.05) is 11.6 Å². The molecule has 1 aliphatic heterocycles. The highest BCUT2D eigenvalue weighted by Crippen LogP contribution is 2.34. The van der Waals surface area contributed by atoms with Gasteiger partial charge in [-0.3, -0.25) is 14.9 Å². The first-order valence-electron chi connectivity index (χ1n) is 9.03. The Morgan fingerprint density at radius 1 is 1.29 bits per heavy atom. The van der Waals surface area contributed by atoms with Crippen LogP contribution in [0.3, 0.4) is 0 Å². The first-order chi connectivity index (χ1) is 14.5. The molecule has 1 fully saturated rings. The molecule has 1 amide bonds. The molecule has 31 heavy (non-hydrogen) atoms. The number of amides is 1. The third-order valence-electron chi connectivity index (χ3n) is 4.80. The maximum atomic E-state index is 13.3. The number of nitrogens with zero attached hydrogens (tertiary/aromatic N) is 2. The molecule has 0 atom stereocenters. The highest BCUT2D eigenvalue weighted by molar-refractivity contribution is 7.89. The predicted octanol–water partition coefficient (Wildman–Crippen LogP) is 2.37. The Kier molecular flexibility index (Phi) is 6.46. The summed E-state index contributed by atoms with van der Waals surface area (Å²) in [4.78, 5) is 22.6. The van der Waals surface area contributed by atoms with Crippen LogP contribution in [0.2, 0.25) is 5.02 Å². The molecule has 10 nitrogen and oxygen atoms in total. The summed E-state index contributed by atoms with van der Waals surface area (Å²) in [5, 5.41) is 23.2. The van der Waals surface area contributed by atoms with E-state index in [-0.39, 0.29) is 42.2 Å². The molecule has 0 spiro atoms. The lowest BCUT2D eigenvalue weighted by molar-refractivity contribution is -0.384. The Bertz CT molecular complexity index is 1150. The van der Waals surface area contributed by atoms with E-state index in [1.54, 1.807) is 0 Å². The molecule has 0 unspecified atom stereocenters. The average molecular weight is 473 g/mol. The average Bonchev–Trinajstić information content (AvgIpc) is 2.70. The van der Waals surface area contributed by atoms with Gasteiger partial charge in [0.15, 0.2) is 0 Å². The minimum atomic E-state index is -4.27. The van der Waals surface area contributed by atoms with Crippen LogP contribution < -0.4 is 11.1 Å². The van der Waals surface area contributed by atoms with E-state index in [1.165, 1.54) is 6.07 Å². The molecular weight excluding hydrogens is 455 g/mol. The number of nitrogens with one attached hydrogen (secondary N) is 1. The number of halogens is 2. The number of nitro benzene ring substituents is 1. The summed E-state index contributed by atoms with van der Waals surface area (Å²) in [5.74, 6) is -1.58. The summed E-state index contributed by atoms with van der Waals surface area (Å²) in [5.41, 5.74) is 4.19. The summed E-state index contributed by atoms with van der Waals surface area (Å²) in [7, 11) is -4.27. The highest BCUT2D eigenvalue weighted by Gasteiger charge is 2.34. The molecule has 0 aromatic heterocycles. The summed E-state index contributed by atoms with van der Waals surface area (Å²) < 4.78 is 40.5. The maximum Gasteiger partial charge on any atom is 0.294 e. The topological polar surface area (TPSA) is 156 Å². The lowest BCUT2D eigenvalue weighted by Crippen LogP contribution is -2.40. The second-order valence-electron chi connectivity index (χ2n) is 6.88. The first kappa shape index (κ1) is 22.9. The van der Waals surface area contributed by atoms with Gasteiger partial charge >= 0.3 is 0 Å². The van der Waals surface area contributed by atoms with E-state index < -0.39 is 49.0 Å². The van der Waals surface area contributed by atoms with Crippen LogP contribution in [-0.2, 0) is 10.0 Å². The lowest BCUT2D eigenvalue weighted by Gasteiger charge is -2.29. The minimum absolute atomic E-state index is 0.00123. The molecule has 0 aliphatic carbocycles. The molecule has 1 aliphatic rings. The monoisotopic (exact) mass is 472 g/mol. The van der Waals surface area contributed by atoms with Crippen LogP contribution in [0.15, 0.2) is 35.2 Å². The van der Waals surface area contributed by atoms with Crippen LogP contribution >= 0.6 is 11.6 Å². The number of nitrogens with two attached hydrogens (primary N) is 1. The molecule has 4 N–H and O–H groups in total. The van der Waals surface area contributed by atoms with Gasteiger partial charge in [0.25, 0.3) is 11.6 Å². The van der Waals surface area contributed by atoms with Crippen LogP contribution in [0.1, 0.15) is 23.2 Å². The van der Waals surface area contributed by atoms with E-state index in [0.29, 0.717) is 0 Å². The van der Waals surface area contributed by atoms with Gasteiger partial charge in [-0.15, -0.1) is 0 Å². The summed E-state index contributed by atoms with van der Waals surface area (Å²) in [6.07, 6.45) is -0.239. The molecule has 0 radical (unpaired) electrons. The van der Waals surface area contributed by atoms with Crippen molar-refractivity contribution >= 4 is 44.6 Å². The van der Waals surface area contributed by atoms with Gasteiger partial charge in [-0.2, -0.15) is 4.31 Å². The quantitative estimate of drug-likeness (QED) is 0.342. The molecule has 13 heteroatoms. The normalized spacial score (nSPS) is 15.6. The van der Waals surface area contributed by atoms with Crippen molar-refractivity contribution in [1.82, 2.24) is 4.31 Å². The molecule has 1 saturated heterocycles. The zero-order valence-electron chi connectivity index (χ0n) is 15.9. The second kappa shape index (κ2) is 8.75. The van der Waals surface area contributed by atoms with Crippen molar-refractivity contribution in [2.45, 2.75) is 23.8 Å². The fourth-order valence-electron chi connectivity index (χ4n) is 3.11. The molecule has 166 valence electrons. The zero-order chi connectivity index (χ0) is 22.9. The Labute approximate surface area is 181 Å². The number of hydrogen-bond acceptors (Lipinski definition) is 7. The summed E-state index contributed by atoms with van der Waals surface area (Å²) in [6, 6.07) is 5.18. The van der Waals surface area contributed by atoms with Crippen molar-refractivity contribution in [2.24, 2.45) is 0 Å². The SMILES string of the molecule is Nc1c([N+](=O)[O-])cc(C(=O)Nc2ccc(F)c(Cl)c2)cc1S(=O)(=O)N1CCC(O)CC1. The van der Waals surface area contributed by atoms with E-state index in [0.717, 1.165) is 28.6 Å². The fourth-order valence-corrected chi connectivity index (χ4v) is 4.91. The van der Waals surface area contributed by atoms with Gasteiger partial charge in [0.05, 0.1) is 16.0 Å². The van der Waals surface area contributed by atoms with Crippen LogP contribution in [0.4, 0.5) is 21.5 Å². The number of nitrogen functional groups attached to an aromatic ring is 1. The van der Waals surface area contributed by atoms with Gasteiger partial charge in [0.2, 0.25) is 10.0 Å². The van der Waals surface area contributed by atoms with E-state index >= 15 is 0 Å². The summed E-state index contributed by atoms with van der Waals surface area (Å²) in [6.45, 7) is 0.00246. The van der Waals surface area contributed by atoms with Gasteiger partial charge in [0, 0.05) is 30.4 Å². The summed E-state index contributed by atoms with van der Waals surface area (Å²) >= 11 is 5.68. The molecule has 0 saturated carbocycles. The van der Waals surface area contributed by atoms with Crippen molar-refractivity contribution in [3.8, 4) is 0 Å². The largest absolute Gasteiger partial charge is 0.393 e. The van der Waals surface area contributed by atoms with E-state index in [9.17, 15) is 32.8 Å². The predicted molar refractivity (Wildman–Crippen MR) is 111 cm³/mol. The number of rotatable bonds is 5. The number of hydrogen-bond donors (Lipinski definition) is 3. The number of nitro groups is 1. The Hall–Kier alpha value is -2.80. The van der Waals surface area contributed by atoms with E-state index in [1.807, 2.05) is 0 Å². The molecule has 0 bridgehead atoms. The van der Waals surface area contributed by atoms with Gasteiger partial charge in [0.1, 0.15) is 16.4 Å². The van der Waals surface area contributed by atoms with Crippen molar-refractivity contribution in [2.75, 3.05) is 24.1 Å². The first-order valence-corrected chi connectivity index (χ1v) is 10.8. The molecular formula is C18H18ClFN4O6S. The third kappa shape index (κ3) is 4.77. The van der Waals surface area contributed by atoms with Crippen molar-refractivity contribution in [3.05, 3.63) is 56.8 Å². The number of anilines is 2. The molecule has 2 aromatic rings. The number of aliphatic hydroxyl groups is 1. The van der Waals surface area contributed by atoms with Crippen molar-refractivity contribution < 1.29 is 27.6 Å². The number of benzene rings is 2. The molecule has 1 heterocycles. The third-order valence-corrected chi connectivity index (χ3v) is 7.03. The van der Waals surface area contributed by atoms with Gasteiger partial charge < -0.3 is 16.2 Å². The van der Waals surface area contributed by atoms with Crippen LogP contribution in [0.25, 0.3) is 0 Å². The Balaban J connectivity index is 2.02. The van der Waals surface area contributed by atoms with E-state index in [2.05, 4.69) is 5.32 Å². The Morgan fingerprint density at radius 2 is 1.94 bits per heavy atom. The molecule has 2 aromatic carbocycles. The number of piperidine rings is 1. The molecule has 3 rings (SSSR count). The second-order valence-corrected chi connectivity index (χ2v) is 9.20. The number of carbonyl (C=O) groups is 1. The number of carbonyl (C=O) groups excluding carboxylic acids is 1. The fraction of sp³-hybridized carbons (Fsp3) is 0.278. The van der Waals surface area contributed by atoms with Crippen molar-refractivity contribution in [3.63, 3.8) is 0 Å². The number of sulfonamides is 1. The van der Waals surface area contributed by atoms with Crippen LogP contribution in [-0.4, -0.2) is 47.9 Å².